The van der Waals surface area contributed by atoms with Crippen LogP contribution in [-0.4, -0.2) is 11.0 Å². The first-order chi connectivity index (χ1) is 7.65. The Bertz CT molecular complexity index is 334. The van der Waals surface area contributed by atoms with E-state index in [1.165, 1.54) is 24.3 Å². The van der Waals surface area contributed by atoms with Crippen molar-refractivity contribution in [1.82, 2.24) is 10.3 Å². The lowest BCUT2D eigenvalue weighted by molar-refractivity contribution is 0.227. The van der Waals surface area contributed by atoms with Gasteiger partial charge in [0.1, 0.15) is 5.01 Å². The predicted octanol–water partition coefficient (Wildman–Crippen LogP) is 3.37. The number of aryl methyl sites for hydroxylation is 1. The fourth-order valence-corrected chi connectivity index (χ4v) is 3.39. The lowest BCUT2D eigenvalue weighted by Crippen LogP contribution is -2.38. The molecule has 1 fully saturated rings. The summed E-state index contributed by atoms with van der Waals surface area (Å²) < 4.78 is 0. The molecule has 0 bridgehead atoms. The summed E-state index contributed by atoms with van der Waals surface area (Å²) in [5.41, 5.74) is 1.15. The highest BCUT2D eigenvalue weighted by Crippen LogP contribution is 2.28. The maximum absolute atomic E-state index is 4.49. The Morgan fingerprint density at radius 3 is 2.88 bits per heavy atom. The van der Waals surface area contributed by atoms with E-state index in [2.05, 4.69) is 36.5 Å². The van der Waals surface area contributed by atoms with Gasteiger partial charge in [-0.3, -0.25) is 0 Å². The van der Waals surface area contributed by atoms with E-state index in [4.69, 9.17) is 0 Å². The number of rotatable bonds is 3. The van der Waals surface area contributed by atoms with Crippen LogP contribution in [0.5, 0.6) is 0 Å². The lowest BCUT2D eigenvalue weighted by Gasteiger charge is -2.33. The summed E-state index contributed by atoms with van der Waals surface area (Å²) >= 11 is 1.77. The van der Waals surface area contributed by atoms with Gasteiger partial charge in [-0.15, -0.1) is 11.3 Å². The van der Waals surface area contributed by atoms with Crippen LogP contribution in [0, 0.1) is 18.8 Å². The zero-order chi connectivity index (χ0) is 11.5. The van der Waals surface area contributed by atoms with E-state index in [-0.39, 0.29) is 0 Å². The normalized spacial score (nSPS) is 30.6. The molecule has 0 amide bonds. The predicted molar refractivity (Wildman–Crippen MR) is 69.7 cm³/mol. The van der Waals surface area contributed by atoms with Gasteiger partial charge >= 0.3 is 0 Å². The second-order valence-corrected chi connectivity index (χ2v) is 6.21. The Morgan fingerprint density at radius 1 is 1.44 bits per heavy atom. The van der Waals surface area contributed by atoms with Gasteiger partial charge in [0.15, 0.2) is 0 Å². The molecule has 2 nitrogen and oxygen atoms in total. The van der Waals surface area contributed by atoms with Crippen molar-refractivity contribution in [3.8, 4) is 0 Å². The van der Waals surface area contributed by atoms with Crippen molar-refractivity contribution < 1.29 is 0 Å². The van der Waals surface area contributed by atoms with Crippen LogP contribution in [0.1, 0.15) is 43.8 Å². The third-order valence-electron chi connectivity index (χ3n) is 3.61. The highest BCUT2D eigenvalue weighted by Gasteiger charge is 2.24. The van der Waals surface area contributed by atoms with E-state index in [0.29, 0.717) is 6.04 Å². The number of thiazole rings is 1. The van der Waals surface area contributed by atoms with Gasteiger partial charge in [-0.25, -0.2) is 4.98 Å². The molecule has 1 aliphatic rings. The molecule has 0 radical (unpaired) electrons. The van der Waals surface area contributed by atoms with E-state index in [0.717, 1.165) is 24.1 Å². The maximum Gasteiger partial charge on any atom is 0.107 e. The number of nitrogens with one attached hydrogen (secondary N) is 1. The Hall–Kier alpha value is -0.410. The van der Waals surface area contributed by atoms with Crippen molar-refractivity contribution >= 4 is 11.3 Å². The van der Waals surface area contributed by atoms with Crippen molar-refractivity contribution in [2.45, 2.75) is 52.6 Å². The van der Waals surface area contributed by atoms with Crippen LogP contribution in [0.25, 0.3) is 0 Å². The number of hydrogen-bond acceptors (Lipinski definition) is 3. The van der Waals surface area contributed by atoms with Gasteiger partial charge in [0.05, 0.1) is 0 Å². The first-order valence-electron chi connectivity index (χ1n) is 6.29. The molecule has 1 N–H and O–H groups in total. The minimum Gasteiger partial charge on any atom is -0.307 e. The first-order valence-corrected chi connectivity index (χ1v) is 7.17. The van der Waals surface area contributed by atoms with E-state index < -0.39 is 0 Å². The van der Waals surface area contributed by atoms with Gasteiger partial charge in [-0.2, -0.15) is 0 Å². The topological polar surface area (TPSA) is 24.9 Å². The lowest BCUT2D eigenvalue weighted by atomic mass is 9.80. The summed E-state index contributed by atoms with van der Waals surface area (Å²) in [7, 11) is 0. The maximum atomic E-state index is 4.49. The summed E-state index contributed by atoms with van der Waals surface area (Å²) in [5, 5.41) is 7.02. The van der Waals surface area contributed by atoms with Crippen LogP contribution in [0.2, 0.25) is 0 Å². The Labute approximate surface area is 102 Å². The SMILES string of the molecule is Cc1csc(CNC2CCC(C)CC2C)n1. The molecule has 0 aromatic carbocycles. The third-order valence-corrected chi connectivity index (χ3v) is 4.58. The van der Waals surface area contributed by atoms with Crippen molar-refractivity contribution in [2.75, 3.05) is 0 Å². The molecule has 3 atom stereocenters. The van der Waals surface area contributed by atoms with Gasteiger partial charge in [-0.05, 0) is 38.0 Å². The number of hydrogen-bond donors (Lipinski definition) is 1. The first kappa shape index (κ1) is 12.1. The van der Waals surface area contributed by atoms with E-state index in [1.54, 1.807) is 11.3 Å². The molecule has 16 heavy (non-hydrogen) atoms. The van der Waals surface area contributed by atoms with Gasteiger partial charge in [0.25, 0.3) is 0 Å². The summed E-state index contributed by atoms with van der Waals surface area (Å²) in [4.78, 5) is 4.49. The zero-order valence-electron chi connectivity index (χ0n) is 10.5. The molecular formula is C13H22N2S. The van der Waals surface area contributed by atoms with E-state index >= 15 is 0 Å². The Morgan fingerprint density at radius 2 is 2.25 bits per heavy atom. The van der Waals surface area contributed by atoms with E-state index in [9.17, 15) is 0 Å². The molecule has 1 aromatic heterocycles. The molecule has 3 unspecified atom stereocenters. The molecule has 2 rings (SSSR count). The summed E-state index contributed by atoms with van der Waals surface area (Å²) in [6.07, 6.45) is 4.07. The number of aromatic nitrogens is 1. The molecule has 3 heteroatoms. The molecule has 90 valence electrons. The van der Waals surface area contributed by atoms with Crippen LogP contribution in [0.4, 0.5) is 0 Å². The van der Waals surface area contributed by atoms with Crippen LogP contribution in [-0.2, 0) is 6.54 Å². The third kappa shape index (κ3) is 3.05. The largest absolute Gasteiger partial charge is 0.307 e. The van der Waals surface area contributed by atoms with Crippen LogP contribution in [0.3, 0.4) is 0 Å². The Balaban J connectivity index is 1.81. The average Bonchev–Trinajstić information content (AvgIpc) is 2.63. The molecule has 0 spiro atoms. The van der Waals surface area contributed by atoms with Gasteiger partial charge in [0, 0.05) is 23.7 Å². The average molecular weight is 238 g/mol. The van der Waals surface area contributed by atoms with Crippen LogP contribution < -0.4 is 5.32 Å². The van der Waals surface area contributed by atoms with Crippen molar-refractivity contribution in [1.29, 1.82) is 0 Å². The molecule has 1 aromatic rings. The van der Waals surface area contributed by atoms with Gasteiger partial charge in [-0.1, -0.05) is 13.8 Å². The minimum absolute atomic E-state index is 0.695. The minimum atomic E-state index is 0.695. The zero-order valence-corrected chi connectivity index (χ0v) is 11.3. The van der Waals surface area contributed by atoms with Crippen LogP contribution in [0.15, 0.2) is 5.38 Å². The molecule has 0 saturated heterocycles. The highest BCUT2D eigenvalue weighted by molar-refractivity contribution is 7.09. The molecule has 1 aliphatic carbocycles. The van der Waals surface area contributed by atoms with Gasteiger partial charge < -0.3 is 5.32 Å². The highest BCUT2D eigenvalue weighted by atomic mass is 32.1. The monoisotopic (exact) mass is 238 g/mol. The molecular weight excluding hydrogens is 216 g/mol. The number of nitrogens with zero attached hydrogens (tertiary/aromatic N) is 1. The quantitative estimate of drug-likeness (QED) is 0.873. The van der Waals surface area contributed by atoms with E-state index in [1.807, 2.05) is 0 Å². The summed E-state index contributed by atoms with van der Waals surface area (Å²) in [6.45, 7) is 7.75. The Kier molecular flexibility index (Phi) is 3.98. The second kappa shape index (κ2) is 5.28. The summed E-state index contributed by atoms with van der Waals surface area (Å²) in [5.74, 6) is 1.72. The smallest absolute Gasteiger partial charge is 0.107 e. The van der Waals surface area contributed by atoms with Gasteiger partial charge in [0.2, 0.25) is 0 Å². The van der Waals surface area contributed by atoms with Crippen molar-refractivity contribution in [2.24, 2.45) is 11.8 Å². The van der Waals surface area contributed by atoms with Crippen molar-refractivity contribution in [3.05, 3.63) is 16.1 Å². The molecule has 1 saturated carbocycles. The second-order valence-electron chi connectivity index (χ2n) is 5.27. The standard InChI is InChI=1S/C13H22N2S/c1-9-4-5-12(10(2)6-9)14-7-13-15-11(3)8-16-13/h8-10,12,14H,4-7H2,1-3H3. The summed E-state index contributed by atoms with van der Waals surface area (Å²) in [6, 6.07) is 0.695. The molecule has 0 aliphatic heterocycles. The molecule has 1 heterocycles. The fourth-order valence-electron chi connectivity index (χ4n) is 2.67. The van der Waals surface area contributed by atoms with Crippen LogP contribution >= 0.6 is 11.3 Å². The fraction of sp³-hybridized carbons (Fsp3) is 0.769. The van der Waals surface area contributed by atoms with Crippen molar-refractivity contribution in [3.63, 3.8) is 0 Å².